The van der Waals surface area contributed by atoms with Gasteiger partial charge in [0.25, 0.3) is 0 Å². The fourth-order valence-corrected chi connectivity index (χ4v) is 2.67. The van der Waals surface area contributed by atoms with E-state index in [1.165, 1.54) is 0 Å². The second-order valence-corrected chi connectivity index (χ2v) is 6.16. The predicted octanol–water partition coefficient (Wildman–Crippen LogP) is 5.63. The van der Waals surface area contributed by atoms with Gasteiger partial charge in [-0.25, -0.2) is 4.98 Å². The molecule has 0 saturated carbocycles. The third-order valence-corrected chi connectivity index (χ3v) is 4.03. The van der Waals surface area contributed by atoms with Gasteiger partial charge in [0.2, 0.25) is 0 Å². The molecule has 2 rings (SSSR count). The second kappa shape index (κ2) is 9.18. The van der Waals surface area contributed by atoms with E-state index in [4.69, 9.17) is 4.98 Å². The molecule has 0 bridgehead atoms. The van der Waals surface area contributed by atoms with Crippen LogP contribution < -0.4 is 0 Å². The summed E-state index contributed by atoms with van der Waals surface area (Å²) >= 11 is 3.53. The van der Waals surface area contributed by atoms with E-state index in [9.17, 15) is 0 Å². The summed E-state index contributed by atoms with van der Waals surface area (Å²) in [5.41, 5.74) is 2.92. The molecule has 0 N–H and O–H groups in total. The van der Waals surface area contributed by atoms with Crippen molar-refractivity contribution < 1.29 is 0 Å². The van der Waals surface area contributed by atoms with Crippen LogP contribution in [0, 0.1) is 0 Å². The van der Waals surface area contributed by atoms with Gasteiger partial charge in [0.15, 0.2) is 0 Å². The summed E-state index contributed by atoms with van der Waals surface area (Å²) in [6.07, 6.45) is 15.5. The van der Waals surface area contributed by atoms with Crippen LogP contribution in [0.15, 0.2) is 77.0 Å². The minimum Gasteiger partial charge on any atom is -0.303 e. The molecule has 0 unspecified atom stereocenters. The van der Waals surface area contributed by atoms with Crippen molar-refractivity contribution in [3.63, 3.8) is 0 Å². The molecule has 3 nitrogen and oxygen atoms in total. The molecular formula is C20H22BrN3. The molecule has 0 amide bonds. The van der Waals surface area contributed by atoms with Gasteiger partial charge in [-0.15, -0.1) is 6.58 Å². The van der Waals surface area contributed by atoms with Crippen molar-refractivity contribution in [3.05, 3.63) is 83.6 Å². The highest BCUT2D eigenvalue weighted by Gasteiger charge is 2.11. The molecule has 0 aromatic carbocycles. The van der Waals surface area contributed by atoms with Crippen molar-refractivity contribution in [2.75, 3.05) is 0 Å². The molecule has 0 aliphatic heterocycles. The van der Waals surface area contributed by atoms with Crippen LogP contribution in [0.1, 0.15) is 31.8 Å². The molecule has 0 saturated heterocycles. The lowest BCUT2D eigenvalue weighted by molar-refractivity contribution is 0.980. The minimum atomic E-state index is 0.749. The van der Waals surface area contributed by atoms with Crippen molar-refractivity contribution in [3.8, 4) is 0 Å². The third-order valence-electron chi connectivity index (χ3n) is 3.44. The minimum absolute atomic E-state index is 0.749. The quantitative estimate of drug-likeness (QED) is 0.346. The molecular weight excluding hydrogens is 362 g/mol. The number of aromatic nitrogens is 2. The van der Waals surface area contributed by atoms with Crippen molar-refractivity contribution in [2.24, 2.45) is 4.99 Å². The number of rotatable bonds is 7. The summed E-state index contributed by atoms with van der Waals surface area (Å²) in [7, 11) is 0. The zero-order valence-corrected chi connectivity index (χ0v) is 15.7. The first-order valence-corrected chi connectivity index (χ1v) is 8.71. The molecule has 0 aliphatic rings. The van der Waals surface area contributed by atoms with E-state index in [0.29, 0.717) is 0 Å². The number of imidazole rings is 1. The van der Waals surface area contributed by atoms with Gasteiger partial charge in [-0.3, -0.25) is 4.99 Å². The van der Waals surface area contributed by atoms with Gasteiger partial charge >= 0.3 is 0 Å². The molecule has 2 heterocycles. The van der Waals surface area contributed by atoms with Crippen LogP contribution in [0.2, 0.25) is 0 Å². The Bertz CT molecular complexity index is 823. The van der Waals surface area contributed by atoms with E-state index >= 15 is 0 Å². The summed E-state index contributed by atoms with van der Waals surface area (Å²) in [5, 5.41) is 0. The van der Waals surface area contributed by atoms with Gasteiger partial charge in [-0.2, -0.15) is 0 Å². The van der Waals surface area contributed by atoms with E-state index < -0.39 is 0 Å². The highest BCUT2D eigenvalue weighted by atomic mass is 79.9. The van der Waals surface area contributed by atoms with Crippen LogP contribution in [0.4, 0.5) is 0 Å². The topological polar surface area (TPSA) is 29.7 Å². The van der Waals surface area contributed by atoms with Crippen LogP contribution in [-0.2, 0) is 6.42 Å². The zero-order valence-electron chi connectivity index (χ0n) is 14.1. The van der Waals surface area contributed by atoms with Gasteiger partial charge in [-0.05, 0) is 32.4 Å². The van der Waals surface area contributed by atoms with Crippen LogP contribution in [0.5, 0.6) is 0 Å². The van der Waals surface area contributed by atoms with Crippen LogP contribution >= 0.6 is 15.9 Å². The largest absolute Gasteiger partial charge is 0.303 e. The van der Waals surface area contributed by atoms with Gasteiger partial charge in [0.1, 0.15) is 11.5 Å². The number of aliphatic imine (C=N–C) groups is 1. The maximum Gasteiger partial charge on any atom is 0.117 e. The number of hydrogen-bond donors (Lipinski definition) is 0. The molecule has 0 radical (unpaired) electrons. The summed E-state index contributed by atoms with van der Waals surface area (Å²) in [6.45, 7) is 7.66. The van der Waals surface area contributed by atoms with E-state index in [1.54, 1.807) is 6.20 Å². The van der Waals surface area contributed by atoms with Crippen LogP contribution in [0.3, 0.4) is 0 Å². The van der Waals surface area contributed by atoms with Crippen molar-refractivity contribution in [1.82, 2.24) is 9.38 Å². The number of nitrogens with zero attached hydrogens (tertiary/aromatic N) is 3. The van der Waals surface area contributed by atoms with Crippen LogP contribution in [-0.4, -0.2) is 15.1 Å². The number of fused-ring (bicyclic) bond motifs is 1. The first-order valence-electron chi connectivity index (χ1n) is 7.92. The SMILES string of the molecule is C=CC/C=C(Br)\C=C/Cc1nc(C(C)=N/C=C\C)c2ccccn12. The Balaban J connectivity index is 2.31. The smallest absolute Gasteiger partial charge is 0.117 e. The average Bonchev–Trinajstić information content (AvgIpc) is 2.97. The predicted molar refractivity (Wildman–Crippen MR) is 107 cm³/mol. The molecule has 0 spiro atoms. The van der Waals surface area contributed by atoms with Crippen molar-refractivity contribution in [1.29, 1.82) is 0 Å². The Hall–Kier alpha value is -2.20. The maximum atomic E-state index is 4.80. The lowest BCUT2D eigenvalue weighted by Gasteiger charge is -1.97. The average molecular weight is 384 g/mol. The maximum absolute atomic E-state index is 4.80. The summed E-state index contributed by atoms with van der Waals surface area (Å²) in [6, 6.07) is 6.12. The fraction of sp³-hybridized carbons (Fsp3) is 0.200. The van der Waals surface area contributed by atoms with E-state index in [1.807, 2.05) is 50.4 Å². The van der Waals surface area contributed by atoms with Crippen molar-refractivity contribution in [2.45, 2.75) is 26.7 Å². The van der Waals surface area contributed by atoms with E-state index in [-0.39, 0.29) is 0 Å². The standard InChI is InChI=1S/C20H22BrN3/c1-4-6-10-17(21)11-9-13-19-23-20(16(3)22-14-5-2)18-12-7-8-15-24(18)19/h4-5,7-12,14-15H,1,6,13H2,2-3H3/b11-9-,14-5-,17-10+,22-16?. The zero-order chi connectivity index (χ0) is 17.4. The van der Waals surface area contributed by atoms with E-state index in [0.717, 1.165) is 40.1 Å². The third kappa shape index (κ3) is 4.65. The van der Waals surface area contributed by atoms with E-state index in [2.05, 4.69) is 50.1 Å². The number of pyridine rings is 1. The Labute approximate surface area is 152 Å². The van der Waals surface area contributed by atoms with Gasteiger partial charge in [0.05, 0.1) is 11.2 Å². The summed E-state index contributed by atoms with van der Waals surface area (Å²) in [4.78, 5) is 9.23. The summed E-state index contributed by atoms with van der Waals surface area (Å²) < 4.78 is 3.17. The number of halogens is 1. The molecule has 124 valence electrons. The van der Waals surface area contributed by atoms with Gasteiger partial charge in [-0.1, -0.05) is 52.4 Å². The molecule has 2 aromatic rings. The Morgan fingerprint density at radius 3 is 3.00 bits per heavy atom. The lowest BCUT2D eigenvalue weighted by atomic mass is 10.2. The fourth-order valence-electron chi connectivity index (χ4n) is 2.30. The first kappa shape index (κ1) is 18.1. The monoisotopic (exact) mass is 383 g/mol. The second-order valence-electron chi connectivity index (χ2n) is 5.25. The Morgan fingerprint density at radius 2 is 2.25 bits per heavy atom. The highest BCUT2D eigenvalue weighted by molar-refractivity contribution is 9.11. The molecule has 24 heavy (non-hydrogen) atoms. The molecule has 0 fully saturated rings. The van der Waals surface area contributed by atoms with Gasteiger partial charge in [0, 0.05) is 23.3 Å². The molecule has 4 heteroatoms. The normalized spacial score (nSPS) is 13.5. The lowest BCUT2D eigenvalue weighted by Crippen LogP contribution is -1.95. The summed E-state index contributed by atoms with van der Waals surface area (Å²) in [5.74, 6) is 0.996. The molecule has 0 aliphatic carbocycles. The molecule has 2 aromatic heterocycles. The first-order chi connectivity index (χ1) is 11.7. The number of hydrogen-bond acceptors (Lipinski definition) is 2. The van der Waals surface area contributed by atoms with Gasteiger partial charge < -0.3 is 4.40 Å². The Morgan fingerprint density at radius 1 is 1.42 bits per heavy atom. The number of allylic oxidation sites excluding steroid dienone is 6. The highest BCUT2D eigenvalue weighted by Crippen LogP contribution is 2.16. The van der Waals surface area contributed by atoms with Crippen molar-refractivity contribution >= 4 is 27.2 Å². The van der Waals surface area contributed by atoms with Crippen LogP contribution in [0.25, 0.3) is 5.52 Å². The molecule has 0 atom stereocenters. The Kier molecular flexibility index (Phi) is 6.94.